The van der Waals surface area contributed by atoms with Crippen LogP contribution in [0.15, 0.2) is 63.2 Å². The number of aromatic amines is 1. The lowest BCUT2D eigenvalue weighted by atomic mass is 10.1. The molecule has 0 aliphatic rings. The van der Waals surface area contributed by atoms with Crippen molar-refractivity contribution in [3.05, 3.63) is 80.1 Å². The number of amides is 1. The lowest BCUT2D eigenvalue weighted by Gasteiger charge is -2.19. The number of H-pyrrole nitrogens is 1. The molecule has 0 fully saturated rings. The Kier molecular flexibility index (Phi) is 5.42. The second-order valence-electron chi connectivity index (χ2n) is 5.51. The number of benzene rings is 1. The van der Waals surface area contributed by atoms with Crippen LogP contribution < -0.4 is 16.6 Å². The van der Waals surface area contributed by atoms with Gasteiger partial charge in [-0.05, 0) is 21.5 Å². The fraction of sp³-hybridized carbons (Fsp3) is 0.188. The van der Waals surface area contributed by atoms with E-state index in [2.05, 4.69) is 36.3 Å². The third kappa shape index (κ3) is 4.33. The molecule has 0 bridgehead atoms. The molecule has 2 heterocycles. The van der Waals surface area contributed by atoms with Crippen molar-refractivity contribution in [1.29, 1.82) is 0 Å². The van der Waals surface area contributed by atoms with Crippen LogP contribution in [0.1, 0.15) is 11.6 Å². The van der Waals surface area contributed by atoms with E-state index in [9.17, 15) is 14.4 Å². The smallest absolute Gasteiger partial charge is 0.328 e. The summed E-state index contributed by atoms with van der Waals surface area (Å²) >= 11 is 3.04. The van der Waals surface area contributed by atoms with Gasteiger partial charge < -0.3 is 5.32 Å². The topological polar surface area (TPSA) is 115 Å². The van der Waals surface area contributed by atoms with E-state index in [0.29, 0.717) is 6.54 Å². The predicted octanol–water partition coefficient (Wildman–Crippen LogP) is 0.448. The quantitative estimate of drug-likeness (QED) is 0.602. The number of carbonyl (C=O) groups is 1. The van der Waals surface area contributed by atoms with Crippen LogP contribution in [-0.2, 0) is 17.9 Å². The molecule has 1 unspecified atom stereocenters. The Morgan fingerprint density at radius 1 is 1.27 bits per heavy atom. The minimum absolute atomic E-state index is 0.173. The van der Waals surface area contributed by atoms with Crippen molar-refractivity contribution >= 4 is 21.8 Å². The first-order valence-electron chi connectivity index (χ1n) is 7.69. The molecule has 26 heavy (non-hydrogen) atoms. The van der Waals surface area contributed by atoms with Crippen molar-refractivity contribution in [2.24, 2.45) is 0 Å². The van der Waals surface area contributed by atoms with Gasteiger partial charge in [-0.1, -0.05) is 30.3 Å². The summed E-state index contributed by atoms with van der Waals surface area (Å²) in [5.74, 6) is -0.375. The van der Waals surface area contributed by atoms with Crippen LogP contribution >= 0.6 is 15.9 Å². The number of nitrogens with one attached hydrogen (secondary N) is 2. The largest absolute Gasteiger partial charge is 0.346 e. The summed E-state index contributed by atoms with van der Waals surface area (Å²) in [5, 5.41) is 6.95. The summed E-state index contributed by atoms with van der Waals surface area (Å²) in [4.78, 5) is 41.7. The van der Waals surface area contributed by atoms with E-state index < -0.39 is 11.2 Å². The highest BCUT2D eigenvalue weighted by Gasteiger charge is 2.16. The molecular weight excluding hydrogens is 404 g/mol. The van der Waals surface area contributed by atoms with Gasteiger partial charge in [-0.15, -0.1) is 0 Å². The van der Waals surface area contributed by atoms with Gasteiger partial charge in [0.05, 0.1) is 17.1 Å². The SMILES string of the molecule is O=C(Cn1cc(Br)c(=O)[nH]c1=O)NC(Cn1cncn1)c1ccccc1. The van der Waals surface area contributed by atoms with Gasteiger partial charge in [0, 0.05) is 6.20 Å². The molecule has 2 aromatic heterocycles. The summed E-state index contributed by atoms with van der Waals surface area (Å²) in [6.07, 6.45) is 4.27. The summed E-state index contributed by atoms with van der Waals surface area (Å²) in [6, 6.07) is 9.07. The number of nitrogens with zero attached hydrogens (tertiary/aromatic N) is 4. The average molecular weight is 419 g/mol. The standard InChI is InChI=1S/C16H15BrN6O3/c17-12-6-22(16(26)21-15(12)25)8-14(24)20-13(7-23-10-18-9-19-23)11-4-2-1-3-5-11/h1-6,9-10,13H,7-8H2,(H,20,24)(H,21,25,26). The van der Waals surface area contributed by atoms with Gasteiger partial charge in [0.15, 0.2) is 0 Å². The molecule has 3 aromatic rings. The molecule has 134 valence electrons. The lowest BCUT2D eigenvalue weighted by Crippen LogP contribution is -2.38. The molecule has 1 atom stereocenters. The number of halogens is 1. The highest BCUT2D eigenvalue weighted by atomic mass is 79.9. The molecule has 9 nitrogen and oxygen atoms in total. The Labute approximate surface area is 155 Å². The van der Waals surface area contributed by atoms with Crippen LogP contribution in [0.2, 0.25) is 0 Å². The lowest BCUT2D eigenvalue weighted by molar-refractivity contribution is -0.122. The van der Waals surface area contributed by atoms with Crippen LogP contribution in [0.5, 0.6) is 0 Å². The molecule has 0 saturated heterocycles. The van der Waals surface area contributed by atoms with Gasteiger partial charge in [0.1, 0.15) is 19.2 Å². The highest BCUT2D eigenvalue weighted by molar-refractivity contribution is 9.10. The van der Waals surface area contributed by atoms with Gasteiger partial charge in [-0.2, -0.15) is 5.10 Å². The average Bonchev–Trinajstić information content (AvgIpc) is 3.13. The molecule has 0 radical (unpaired) electrons. The van der Waals surface area contributed by atoms with Gasteiger partial charge in [0.25, 0.3) is 5.56 Å². The molecule has 0 saturated carbocycles. The fourth-order valence-electron chi connectivity index (χ4n) is 2.43. The summed E-state index contributed by atoms with van der Waals surface area (Å²) < 4.78 is 2.91. The van der Waals surface area contributed by atoms with Gasteiger partial charge >= 0.3 is 5.69 Å². The number of hydrogen-bond donors (Lipinski definition) is 2. The molecule has 2 N–H and O–H groups in total. The van der Waals surface area contributed by atoms with Crippen molar-refractivity contribution in [2.45, 2.75) is 19.1 Å². The first-order valence-corrected chi connectivity index (χ1v) is 8.48. The molecule has 10 heteroatoms. The van der Waals surface area contributed by atoms with Crippen molar-refractivity contribution in [3.8, 4) is 0 Å². The molecule has 0 spiro atoms. The fourth-order valence-corrected chi connectivity index (χ4v) is 2.77. The minimum atomic E-state index is -0.652. The Bertz CT molecular complexity index is 997. The van der Waals surface area contributed by atoms with Crippen molar-refractivity contribution in [2.75, 3.05) is 0 Å². The second-order valence-corrected chi connectivity index (χ2v) is 6.37. The zero-order chi connectivity index (χ0) is 18.5. The van der Waals surface area contributed by atoms with Crippen molar-refractivity contribution in [1.82, 2.24) is 29.6 Å². The zero-order valence-electron chi connectivity index (χ0n) is 13.5. The molecule has 0 aliphatic heterocycles. The normalized spacial score (nSPS) is 11.9. The van der Waals surface area contributed by atoms with Crippen LogP contribution in [0.25, 0.3) is 0 Å². The maximum absolute atomic E-state index is 12.4. The van der Waals surface area contributed by atoms with E-state index in [1.165, 1.54) is 12.5 Å². The molecular formula is C16H15BrN6O3. The van der Waals surface area contributed by atoms with E-state index in [0.717, 1.165) is 10.1 Å². The molecule has 1 aromatic carbocycles. The van der Waals surface area contributed by atoms with Crippen molar-refractivity contribution < 1.29 is 4.79 Å². The van der Waals surface area contributed by atoms with Crippen LogP contribution in [0.4, 0.5) is 0 Å². The van der Waals surface area contributed by atoms with E-state index in [-0.39, 0.29) is 23.0 Å². The Morgan fingerprint density at radius 3 is 2.73 bits per heavy atom. The van der Waals surface area contributed by atoms with E-state index >= 15 is 0 Å². The maximum atomic E-state index is 12.4. The van der Waals surface area contributed by atoms with Crippen molar-refractivity contribution in [3.63, 3.8) is 0 Å². The van der Waals surface area contributed by atoms with Gasteiger partial charge in [0.2, 0.25) is 5.91 Å². The number of aromatic nitrogens is 5. The number of rotatable bonds is 6. The van der Waals surface area contributed by atoms with Gasteiger partial charge in [-0.3, -0.25) is 23.8 Å². The number of hydrogen-bond acceptors (Lipinski definition) is 5. The van der Waals surface area contributed by atoms with Crippen LogP contribution in [-0.4, -0.2) is 30.2 Å². The van der Waals surface area contributed by atoms with Crippen LogP contribution in [0, 0.1) is 0 Å². The monoisotopic (exact) mass is 418 g/mol. The van der Waals surface area contributed by atoms with Crippen LogP contribution in [0.3, 0.4) is 0 Å². The summed E-state index contributed by atoms with van der Waals surface area (Å²) in [5.41, 5.74) is -0.299. The minimum Gasteiger partial charge on any atom is -0.346 e. The third-order valence-electron chi connectivity index (χ3n) is 3.65. The summed E-state index contributed by atoms with van der Waals surface area (Å²) in [6.45, 7) is 0.162. The molecule has 3 rings (SSSR count). The first-order chi connectivity index (χ1) is 12.5. The third-order valence-corrected chi connectivity index (χ3v) is 4.22. The first kappa shape index (κ1) is 17.8. The van der Waals surface area contributed by atoms with E-state index in [1.54, 1.807) is 11.0 Å². The predicted molar refractivity (Wildman–Crippen MR) is 96.4 cm³/mol. The van der Waals surface area contributed by atoms with E-state index in [4.69, 9.17) is 0 Å². The Hall–Kier alpha value is -3.01. The maximum Gasteiger partial charge on any atom is 0.328 e. The number of carbonyl (C=O) groups excluding carboxylic acids is 1. The molecule has 0 aliphatic carbocycles. The highest BCUT2D eigenvalue weighted by Crippen LogP contribution is 2.14. The molecule has 1 amide bonds. The zero-order valence-corrected chi connectivity index (χ0v) is 15.1. The van der Waals surface area contributed by atoms with Gasteiger partial charge in [-0.25, -0.2) is 9.78 Å². The summed E-state index contributed by atoms with van der Waals surface area (Å²) in [7, 11) is 0. The second kappa shape index (κ2) is 7.91. The Balaban J connectivity index is 1.78. The van der Waals surface area contributed by atoms with E-state index in [1.807, 2.05) is 30.3 Å². The Morgan fingerprint density at radius 2 is 2.04 bits per heavy atom.